The second-order valence-electron chi connectivity index (χ2n) is 6.31. The van der Waals surface area contributed by atoms with Gasteiger partial charge >= 0.3 is 0 Å². The molecule has 0 unspecified atom stereocenters. The molecule has 0 atom stereocenters. The fraction of sp³-hybridized carbons (Fsp3) is 0.0455. The fourth-order valence-corrected chi connectivity index (χ4v) is 3.62. The number of hydrogen-bond acceptors (Lipinski definition) is 4. The largest absolute Gasteiger partial charge is 0.360 e. The van der Waals surface area contributed by atoms with Gasteiger partial charge in [0.2, 0.25) is 0 Å². The zero-order valence-corrected chi connectivity index (χ0v) is 16.4. The van der Waals surface area contributed by atoms with E-state index in [1.165, 1.54) is 48.7 Å². The smallest absolute Gasteiger partial charge is 0.261 e. The van der Waals surface area contributed by atoms with Crippen molar-refractivity contribution in [2.75, 3.05) is 10.0 Å². The lowest BCUT2D eigenvalue weighted by molar-refractivity contribution is 0.104. The van der Waals surface area contributed by atoms with Crippen LogP contribution in [0, 0.1) is 12.7 Å². The molecule has 2 N–H and O–H groups in total. The SMILES string of the molecule is Cc1ccc(S(=O)(=O)Nc2ccccc2N/C=C\C(=O)c2ccc(F)cc2)cc1. The lowest BCUT2D eigenvalue weighted by Gasteiger charge is -2.12. The van der Waals surface area contributed by atoms with Crippen LogP contribution < -0.4 is 10.0 Å². The van der Waals surface area contributed by atoms with Crippen molar-refractivity contribution in [3.63, 3.8) is 0 Å². The molecule has 3 rings (SSSR count). The highest BCUT2D eigenvalue weighted by Gasteiger charge is 2.15. The Balaban J connectivity index is 1.74. The quantitative estimate of drug-likeness (QED) is 0.436. The number of ketones is 1. The minimum Gasteiger partial charge on any atom is -0.360 e. The number of aryl methyl sites for hydroxylation is 1. The zero-order valence-electron chi connectivity index (χ0n) is 15.6. The lowest BCUT2D eigenvalue weighted by atomic mass is 10.1. The Hall–Kier alpha value is -3.45. The molecule has 0 heterocycles. The topological polar surface area (TPSA) is 75.3 Å². The predicted octanol–water partition coefficient (Wildman–Crippen LogP) is 4.74. The fourth-order valence-electron chi connectivity index (χ4n) is 2.54. The number of benzene rings is 3. The van der Waals surface area contributed by atoms with E-state index in [1.54, 1.807) is 36.4 Å². The van der Waals surface area contributed by atoms with E-state index < -0.39 is 15.8 Å². The molecule has 148 valence electrons. The number of anilines is 2. The molecule has 0 saturated carbocycles. The highest BCUT2D eigenvalue weighted by Crippen LogP contribution is 2.24. The molecular formula is C22H19FN2O3S. The van der Waals surface area contributed by atoms with Gasteiger partial charge in [-0.25, -0.2) is 12.8 Å². The van der Waals surface area contributed by atoms with Gasteiger partial charge in [0.1, 0.15) is 5.82 Å². The Morgan fingerprint density at radius 2 is 1.52 bits per heavy atom. The predicted molar refractivity (Wildman–Crippen MR) is 112 cm³/mol. The van der Waals surface area contributed by atoms with Gasteiger partial charge in [0.05, 0.1) is 16.3 Å². The normalized spacial score (nSPS) is 11.4. The minimum absolute atomic E-state index is 0.153. The molecule has 29 heavy (non-hydrogen) atoms. The number of halogens is 1. The Bertz CT molecular complexity index is 1140. The average molecular weight is 410 g/mol. The molecule has 0 saturated heterocycles. The standard InChI is InChI=1S/C22H19FN2O3S/c1-16-6-12-19(13-7-16)29(27,28)25-21-5-3-2-4-20(21)24-15-14-22(26)17-8-10-18(23)11-9-17/h2-15,24-25H,1H3/b15-14-. The molecule has 0 fully saturated rings. The first-order valence-electron chi connectivity index (χ1n) is 8.77. The maximum atomic E-state index is 12.9. The number of rotatable bonds is 7. The third kappa shape index (κ3) is 5.30. The highest BCUT2D eigenvalue weighted by molar-refractivity contribution is 7.92. The van der Waals surface area contributed by atoms with Crippen molar-refractivity contribution in [2.24, 2.45) is 0 Å². The van der Waals surface area contributed by atoms with Gasteiger partial charge in [0, 0.05) is 17.8 Å². The highest BCUT2D eigenvalue weighted by atomic mass is 32.2. The van der Waals surface area contributed by atoms with Gasteiger partial charge in [-0.3, -0.25) is 9.52 Å². The van der Waals surface area contributed by atoms with E-state index in [4.69, 9.17) is 0 Å². The summed E-state index contributed by atoms with van der Waals surface area (Å²) >= 11 is 0. The summed E-state index contributed by atoms with van der Waals surface area (Å²) in [5.41, 5.74) is 2.12. The summed E-state index contributed by atoms with van der Waals surface area (Å²) in [7, 11) is -3.76. The van der Waals surface area contributed by atoms with Crippen LogP contribution in [0.15, 0.2) is 90.0 Å². The molecule has 3 aromatic rings. The first kappa shape index (κ1) is 20.3. The Morgan fingerprint density at radius 1 is 0.897 bits per heavy atom. The molecule has 0 radical (unpaired) electrons. The van der Waals surface area contributed by atoms with Gasteiger partial charge in [-0.1, -0.05) is 29.8 Å². The number of allylic oxidation sites excluding steroid dienone is 1. The Labute approximate surface area is 169 Å². The number of nitrogens with one attached hydrogen (secondary N) is 2. The lowest BCUT2D eigenvalue weighted by Crippen LogP contribution is -2.14. The van der Waals surface area contributed by atoms with Crippen molar-refractivity contribution in [3.8, 4) is 0 Å². The third-order valence-electron chi connectivity index (χ3n) is 4.10. The minimum atomic E-state index is -3.76. The molecule has 5 nitrogen and oxygen atoms in total. The van der Waals surface area contributed by atoms with Crippen LogP contribution >= 0.6 is 0 Å². The summed E-state index contributed by atoms with van der Waals surface area (Å²) in [5, 5.41) is 2.91. The number of carbonyl (C=O) groups is 1. The first-order valence-corrected chi connectivity index (χ1v) is 10.2. The number of hydrogen-bond donors (Lipinski definition) is 2. The number of sulfonamides is 1. The van der Waals surface area contributed by atoms with E-state index in [0.29, 0.717) is 16.9 Å². The van der Waals surface area contributed by atoms with Gasteiger partial charge in [0.25, 0.3) is 10.0 Å². The maximum Gasteiger partial charge on any atom is 0.261 e. The van der Waals surface area contributed by atoms with E-state index >= 15 is 0 Å². The summed E-state index contributed by atoms with van der Waals surface area (Å²) < 4.78 is 40.7. The Kier molecular flexibility index (Phi) is 6.09. The molecule has 0 aliphatic carbocycles. The molecule has 0 amide bonds. The number of carbonyl (C=O) groups excluding carboxylic acids is 1. The molecular weight excluding hydrogens is 391 g/mol. The van der Waals surface area contributed by atoms with Crippen LogP contribution in [-0.4, -0.2) is 14.2 Å². The number of para-hydroxylation sites is 2. The maximum absolute atomic E-state index is 12.9. The van der Waals surface area contributed by atoms with Gasteiger partial charge in [-0.05, 0) is 55.5 Å². The van der Waals surface area contributed by atoms with Crippen LogP contribution in [-0.2, 0) is 10.0 Å². The zero-order chi connectivity index (χ0) is 20.9. The van der Waals surface area contributed by atoms with Crippen LogP contribution in [0.2, 0.25) is 0 Å². The molecule has 7 heteroatoms. The van der Waals surface area contributed by atoms with E-state index in [9.17, 15) is 17.6 Å². The van der Waals surface area contributed by atoms with Crippen molar-refractivity contribution in [1.82, 2.24) is 0 Å². The molecule has 0 bridgehead atoms. The molecule has 0 aliphatic heterocycles. The van der Waals surface area contributed by atoms with Gasteiger partial charge in [-0.2, -0.15) is 0 Å². The molecule has 0 aromatic heterocycles. The van der Waals surface area contributed by atoms with Crippen LogP contribution in [0.25, 0.3) is 0 Å². The van der Waals surface area contributed by atoms with Gasteiger partial charge in [-0.15, -0.1) is 0 Å². The molecule has 0 spiro atoms. The van der Waals surface area contributed by atoms with E-state index in [0.717, 1.165) is 5.56 Å². The van der Waals surface area contributed by atoms with Gasteiger partial charge < -0.3 is 5.32 Å². The monoisotopic (exact) mass is 410 g/mol. The van der Waals surface area contributed by atoms with Crippen molar-refractivity contribution >= 4 is 27.2 Å². The van der Waals surface area contributed by atoms with Crippen molar-refractivity contribution in [1.29, 1.82) is 0 Å². The van der Waals surface area contributed by atoms with Crippen molar-refractivity contribution < 1.29 is 17.6 Å². The molecule has 0 aliphatic rings. The second kappa shape index (κ2) is 8.70. The summed E-state index contributed by atoms with van der Waals surface area (Å²) in [6, 6.07) is 18.5. The second-order valence-corrected chi connectivity index (χ2v) is 8.00. The average Bonchev–Trinajstić information content (AvgIpc) is 2.70. The van der Waals surface area contributed by atoms with E-state index in [1.807, 2.05) is 6.92 Å². The first-order chi connectivity index (χ1) is 13.8. The van der Waals surface area contributed by atoms with Crippen molar-refractivity contribution in [2.45, 2.75) is 11.8 Å². The third-order valence-corrected chi connectivity index (χ3v) is 5.49. The van der Waals surface area contributed by atoms with E-state index in [2.05, 4.69) is 10.0 Å². The summed E-state index contributed by atoms with van der Waals surface area (Å²) in [4.78, 5) is 12.3. The summed E-state index contributed by atoms with van der Waals surface area (Å²) in [6.45, 7) is 1.88. The van der Waals surface area contributed by atoms with Gasteiger partial charge in [0.15, 0.2) is 5.78 Å². The van der Waals surface area contributed by atoms with E-state index in [-0.39, 0.29) is 10.7 Å². The van der Waals surface area contributed by atoms with Crippen LogP contribution in [0.5, 0.6) is 0 Å². The van der Waals surface area contributed by atoms with Crippen LogP contribution in [0.1, 0.15) is 15.9 Å². The van der Waals surface area contributed by atoms with Crippen molar-refractivity contribution in [3.05, 3.63) is 102 Å². The Morgan fingerprint density at radius 3 is 2.17 bits per heavy atom. The van der Waals surface area contributed by atoms with Crippen LogP contribution in [0.4, 0.5) is 15.8 Å². The molecule has 3 aromatic carbocycles. The summed E-state index contributed by atoms with van der Waals surface area (Å²) in [6.07, 6.45) is 2.70. The van der Waals surface area contributed by atoms with Crippen LogP contribution in [0.3, 0.4) is 0 Å². The summed E-state index contributed by atoms with van der Waals surface area (Å²) in [5.74, 6) is -0.728.